The first kappa shape index (κ1) is 8.69. The topological polar surface area (TPSA) is 38.9 Å². The molecule has 2 aromatic rings. The van der Waals surface area contributed by atoms with Gasteiger partial charge in [-0.1, -0.05) is 18.2 Å². The van der Waals surface area contributed by atoms with Crippen LogP contribution in [0.1, 0.15) is 0 Å². The van der Waals surface area contributed by atoms with Crippen molar-refractivity contribution in [1.29, 1.82) is 0 Å². The van der Waals surface area contributed by atoms with Crippen LogP contribution in [0.25, 0.3) is 11.3 Å². The molecule has 3 heteroatoms. The summed E-state index contributed by atoms with van der Waals surface area (Å²) in [5.41, 5.74) is 7.17. The number of nitrogens with zero attached hydrogens (tertiary/aromatic N) is 1. The second-order valence-electron chi connectivity index (χ2n) is 2.92. The fraction of sp³-hybridized carbons (Fsp3) is 0. The summed E-state index contributed by atoms with van der Waals surface area (Å²) in [5.74, 6) is -0.356. The van der Waals surface area contributed by atoms with Crippen molar-refractivity contribution >= 4 is 5.69 Å². The molecule has 14 heavy (non-hydrogen) atoms. The van der Waals surface area contributed by atoms with Crippen molar-refractivity contribution in [3.8, 4) is 11.3 Å². The highest BCUT2D eigenvalue weighted by Gasteiger charge is 2.07. The Balaban J connectivity index is 2.61. The number of pyridine rings is 1. The van der Waals surface area contributed by atoms with E-state index in [0.717, 1.165) is 0 Å². The van der Waals surface area contributed by atoms with E-state index >= 15 is 0 Å². The number of aromatic nitrogens is 1. The molecule has 0 amide bonds. The molecule has 2 nitrogen and oxygen atoms in total. The average molecular weight is 188 g/mol. The highest BCUT2D eigenvalue weighted by molar-refractivity contribution is 5.73. The molecule has 0 saturated carbocycles. The Morgan fingerprint density at radius 1 is 1.07 bits per heavy atom. The van der Waals surface area contributed by atoms with E-state index < -0.39 is 0 Å². The minimum Gasteiger partial charge on any atom is -0.398 e. The fourth-order valence-electron chi connectivity index (χ4n) is 1.30. The maximum absolute atomic E-state index is 13.3. The normalized spacial score (nSPS) is 10.1. The summed E-state index contributed by atoms with van der Waals surface area (Å²) in [6, 6.07) is 10.0. The maximum atomic E-state index is 13.3. The van der Waals surface area contributed by atoms with Crippen molar-refractivity contribution in [3.05, 3.63) is 48.4 Å². The number of anilines is 1. The van der Waals surface area contributed by atoms with Gasteiger partial charge in [0, 0.05) is 17.4 Å². The lowest BCUT2D eigenvalue weighted by Gasteiger charge is -2.04. The van der Waals surface area contributed by atoms with Gasteiger partial charge in [0.1, 0.15) is 11.5 Å². The minimum absolute atomic E-state index is 0.297. The van der Waals surface area contributed by atoms with Gasteiger partial charge >= 0.3 is 0 Å². The van der Waals surface area contributed by atoms with Gasteiger partial charge in [-0.3, -0.25) is 4.98 Å². The van der Waals surface area contributed by atoms with Gasteiger partial charge < -0.3 is 5.73 Å². The standard InChI is InChI=1S/C11H9FN2/c12-9-5-3-7-14-11(9)8-4-1-2-6-10(8)13/h1-7H,13H2. The largest absolute Gasteiger partial charge is 0.398 e. The summed E-state index contributed by atoms with van der Waals surface area (Å²) in [4.78, 5) is 3.95. The number of para-hydroxylation sites is 1. The molecule has 0 unspecified atom stereocenters. The Morgan fingerprint density at radius 3 is 2.57 bits per heavy atom. The SMILES string of the molecule is Nc1ccccc1-c1ncccc1F. The molecular formula is C11H9FN2. The first-order valence-electron chi connectivity index (χ1n) is 4.24. The highest BCUT2D eigenvalue weighted by Crippen LogP contribution is 2.25. The third kappa shape index (κ3) is 1.44. The number of hydrogen-bond donors (Lipinski definition) is 1. The van der Waals surface area contributed by atoms with Crippen LogP contribution < -0.4 is 5.73 Å². The van der Waals surface area contributed by atoms with Crippen LogP contribution in [0.4, 0.5) is 10.1 Å². The molecule has 1 aromatic heterocycles. The Kier molecular flexibility index (Phi) is 2.14. The molecule has 0 aliphatic rings. The van der Waals surface area contributed by atoms with E-state index in [9.17, 15) is 4.39 Å². The van der Waals surface area contributed by atoms with Crippen molar-refractivity contribution in [2.75, 3.05) is 5.73 Å². The molecule has 0 radical (unpaired) electrons. The number of hydrogen-bond acceptors (Lipinski definition) is 2. The second-order valence-corrected chi connectivity index (χ2v) is 2.92. The van der Waals surface area contributed by atoms with Gasteiger partial charge in [0.15, 0.2) is 0 Å². The number of nitrogen functional groups attached to an aromatic ring is 1. The molecule has 0 atom stereocenters. The zero-order valence-electron chi connectivity index (χ0n) is 7.44. The van der Waals surface area contributed by atoms with Crippen LogP contribution in [-0.4, -0.2) is 4.98 Å². The summed E-state index contributed by atoms with van der Waals surface area (Å²) in [6.07, 6.45) is 1.55. The summed E-state index contributed by atoms with van der Waals surface area (Å²) in [5, 5.41) is 0. The van der Waals surface area contributed by atoms with Gasteiger partial charge in [0.05, 0.1) is 0 Å². The Morgan fingerprint density at radius 2 is 1.86 bits per heavy atom. The Labute approximate surface area is 81.2 Å². The molecule has 0 spiro atoms. The molecule has 0 saturated heterocycles. The van der Waals surface area contributed by atoms with Crippen molar-refractivity contribution in [3.63, 3.8) is 0 Å². The van der Waals surface area contributed by atoms with E-state index in [2.05, 4.69) is 4.98 Å². The summed E-state index contributed by atoms with van der Waals surface area (Å²) < 4.78 is 13.3. The third-order valence-electron chi connectivity index (χ3n) is 1.97. The van der Waals surface area contributed by atoms with Crippen LogP contribution in [0, 0.1) is 5.82 Å². The molecule has 2 N–H and O–H groups in total. The fourth-order valence-corrected chi connectivity index (χ4v) is 1.30. The van der Waals surface area contributed by atoms with Gasteiger partial charge in [-0.25, -0.2) is 4.39 Å². The van der Waals surface area contributed by atoms with Crippen LogP contribution in [0.2, 0.25) is 0 Å². The lowest BCUT2D eigenvalue weighted by molar-refractivity contribution is 0.626. The van der Waals surface area contributed by atoms with Crippen LogP contribution in [0.5, 0.6) is 0 Å². The van der Waals surface area contributed by atoms with Gasteiger partial charge in [-0.2, -0.15) is 0 Å². The van der Waals surface area contributed by atoms with E-state index in [1.54, 1.807) is 36.5 Å². The lowest BCUT2D eigenvalue weighted by atomic mass is 10.1. The van der Waals surface area contributed by atoms with Crippen LogP contribution in [0.15, 0.2) is 42.6 Å². The summed E-state index contributed by atoms with van der Waals surface area (Å²) in [7, 11) is 0. The van der Waals surface area contributed by atoms with Crippen LogP contribution in [0.3, 0.4) is 0 Å². The van der Waals surface area contributed by atoms with E-state index in [1.165, 1.54) is 6.07 Å². The summed E-state index contributed by atoms with van der Waals surface area (Å²) in [6.45, 7) is 0. The van der Waals surface area contributed by atoms with Gasteiger partial charge in [-0.05, 0) is 18.2 Å². The molecule has 0 bridgehead atoms. The van der Waals surface area contributed by atoms with Crippen LogP contribution in [-0.2, 0) is 0 Å². The monoisotopic (exact) mass is 188 g/mol. The number of halogens is 1. The van der Waals surface area contributed by atoms with Gasteiger partial charge in [-0.15, -0.1) is 0 Å². The molecule has 0 aliphatic carbocycles. The number of rotatable bonds is 1. The number of nitrogens with two attached hydrogens (primary N) is 1. The molecule has 70 valence electrons. The minimum atomic E-state index is -0.356. The predicted molar refractivity (Wildman–Crippen MR) is 54.0 cm³/mol. The zero-order valence-corrected chi connectivity index (χ0v) is 7.44. The smallest absolute Gasteiger partial charge is 0.149 e. The van der Waals surface area contributed by atoms with Gasteiger partial charge in [0.2, 0.25) is 0 Å². The lowest BCUT2D eigenvalue weighted by Crippen LogP contribution is -1.93. The van der Waals surface area contributed by atoms with Crippen LogP contribution >= 0.6 is 0 Å². The molecule has 1 heterocycles. The average Bonchev–Trinajstić information content (AvgIpc) is 2.20. The molecule has 1 aromatic carbocycles. The van der Waals surface area contributed by atoms with Crippen molar-refractivity contribution in [1.82, 2.24) is 4.98 Å². The van der Waals surface area contributed by atoms with E-state index in [-0.39, 0.29) is 5.82 Å². The first-order valence-corrected chi connectivity index (χ1v) is 4.24. The second kappa shape index (κ2) is 3.46. The Hall–Kier alpha value is -1.90. The molecule has 2 rings (SSSR count). The van der Waals surface area contributed by atoms with E-state index in [0.29, 0.717) is 16.9 Å². The van der Waals surface area contributed by atoms with Crippen molar-refractivity contribution in [2.24, 2.45) is 0 Å². The predicted octanol–water partition coefficient (Wildman–Crippen LogP) is 2.47. The molecular weight excluding hydrogens is 179 g/mol. The van der Waals surface area contributed by atoms with Crippen molar-refractivity contribution < 1.29 is 4.39 Å². The first-order chi connectivity index (χ1) is 6.79. The molecule has 0 fully saturated rings. The van der Waals surface area contributed by atoms with Crippen molar-refractivity contribution in [2.45, 2.75) is 0 Å². The number of benzene rings is 1. The summed E-state index contributed by atoms with van der Waals surface area (Å²) >= 11 is 0. The van der Waals surface area contributed by atoms with E-state index in [4.69, 9.17) is 5.73 Å². The maximum Gasteiger partial charge on any atom is 0.149 e. The molecule has 0 aliphatic heterocycles. The quantitative estimate of drug-likeness (QED) is 0.698. The Bertz CT molecular complexity index is 411. The van der Waals surface area contributed by atoms with E-state index in [1.807, 2.05) is 0 Å². The third-order valence-corrected chi connectivity index (χ3v) is 1.97. The highest BCUT2D eigenvalue weighted by atomic mass is 19.1. The zero-order chi connectivity index (χ0) is 9.97. The van der Waals surface area contributed by atoms with Gasteiger partial charge in [0.25, 0.3) is 0 Å².